The fourth-order valence-electron chi connectivity index (χ4n) is 2.74. The van der Waals surface area contributed by atoms with Crippen molar-refractivity contribution in [2.24, 2.45) is 11.8 Å². The number of carbonyl (C=O) groups is 2. The van der Waals surface area contributed by atoms with E-state index in [0.717, 1.165) is 38.5 Å². The van der Waals surface area contributed by atoms with Gasteiger partial charge in [-0.05, 0) is 31.6 Å². The van der Waals surface area contributed by atoms with Crippen LogP contribution in [-0.2, 0) is 9.59 Å². The van der Waals surface area contributed by atoms with Crippen LogP contribution in [0.15, 0.2) is 0 Å². The zero-order valence-corrected chi connectivity index (χ0v) is 12.9. The first-order valence-electron chi connectivity index (χ1n) is 7.97. The van der Waals surface area contributed by atoms with E-state index in [0.29, 0.717) is 12.3 Å². The Kier molecular flexibility index (Phi) is 11.1. The highest BCUT2D eigenvalue weighted by atomic mass is 16.4. The Hall–Kier alpha value is -1.06. The quantitative estimate of drug-likeness (QED) is 0.730. The number of rotatable bonds is 7. The first kappa shape index (κ1) is 18.9. The molecule has 0 saturated heterocycles. The molecule has 0 aromatic carbocycles. The van der Waals surface area contributed by atoms with E-state index in [4.69, 9.17) is 10.2 Å². The maximum atomic E-state index is 11.0. The molecule has 1 atom stereocenters. The van der Waals surface area contributed by atoms with Gasteiger partial charge in [0.1, 0.15) is 0 Å². The van der Waals surface area contributed by atoms with E-state index in [9.17, 15) is 9.59 Å². The number of unbranched alkanes of at least 4 members (excludes halogenated alkanes) is 1. The van der Waals surface area contributed by atoms with Gasteiger partial charge in [0.15, 0.2) is 0 Å². The molecule has 4 nitrogen and oxygen atoms in total. The Morgan fingerprint density at radius 1 is 1.05 bits per heavy atom. The Balaban J connectivity index is 0.000000441. The third kappa shape index (κ3) is 8.94. The maximum absolute atomic E-state index is 11.0. The Morgan fingerprint density at radius 2 is 1.65 bits per heavy atom. The molecule has 1 fully saturated rings. The van der Waals surface area contributed by atoms with E-state index in [1.807, 2.05) is 6.92 Å². The lowest BCUT2D eigenvalue weighted by molar-refractivity contribution is -0.144. The van der Waals surface area contributed by atoms with Gasteiger partial charge < -0.3 is 10.2 Å². The lowest BCUT2D eigenvalue weighted by atomic mass is 9.78. The van der Waals surface area contributed by atoms with Crippen LogP contribution in [0.5, 0.6) is 0 Å². The molecule has 2 N–H and O–H groups in total. The summed E-state index contributed by atoms with van der Waals surface area (Å²) in [6.45, 7) is 4.04. The lowest BCUT2D eigenvalue weighted by Gasteiger charge is -2.27. The van der Waals surface area contributed by atoms with Gasteiger partial charge in [-0.2, -0.15) is 0 Å². The molecule has 1 saturated carbocycles. The van der Waals surface area contributed by atoms with Crippen LogP contribution in [-0.4, -0.2) is 22.2 Å². The Labute approximate surface area is 122 Å². The minimum absolute atomic E-state index is 0.0645. The zero-order valence-electron chi connectivity index (χ0n) is 12.9. The smallest absolute Gasteiger partial charge is 0.306 e. The molecule has 0 radical (unpaired) electrons. The van der Waals surface area contributed by atoms with Crippen molar-refractivity contribution < 1.29 is 19.8 Å². The molecule has 0 aliphatic heterocycles. The number of carboxylic acid groups (broad SMARTS) is 2. The summed E-state index contributed by atoms with van der Waals surface area (Å²) >= 11 is 0. The van der Waals surface area contributed by atoms with Crippen molar-refractivity contribution in [1.29, 1.82) is 0 Å². The van der Waals surface area contributed by atoms with Gasteiger partial charge >= 0.3 is 11.9 Å². The predicted molar refractivity (Wildman–Crippen MR) is 79.8 cm³/mol. The van der Waals surface area contributed by atoms with Crippen molar-refractivity contribution in [3.05, 3.63) is 0 Å². The molecule has 1 unspecified atom stereocenters. The summed E-state index contributed by atoms with van der Waals surface area (Å²) in [4.78, 5) is 20.7. The minimum Gasteiger partial charge on any atom is -0.481 e. The minimum atomic E-state index is -0.693. The fourth-order valence-corrected chi connectivity index (χ4v) is 2.74. The maximum Gasteiger partial charge on any atom is 0.306 e. The summed E-state index contributed by atoms with van der Waals surface area (Å²) in [5, 5.41) is 17.1. The molecule has 0 spiro atoms. The van der Waals surface area contributed by atoms with Crippen LogP contribution in [0, 0.1) is 11.8 Å². The molecule has 1 aliphatic rings. The Bertz CT molecular complexity index is 270. The average molecular weight is 286 g/mol. The molecular formula is C16H30O4. The second-order valence-electron chi connectivity index (χ2n) is 5.63. The topological polar surface area (TPSA) is 74.6 Å². The standard InChI is InChI=1S/C11H20O2.C5H10O2/c1-2-6-10(11(12)13)9-7-4-3-5-8-9;1-2-3-4-5(6)7/h9-10H,2-8H2,1H3,(H,12,13);2-4H2,1H3,(H,6,7). The van der Waals surface area contributed by atoms with Crippen LogP contribution in [0.25, 0.3) is 0 Å². The molecule has 0 aromatic rings. The number of aliphatic carboxylic acids is 2. The second kappa shape index (κ2) is 11.7. The summed E-state index contributed by atoms with van der Waals surface area (Å²) in [6.07, 6.45) is 9.98. The van der Waals surface area contributed by atoms with E-state index in [-0.39, 0.29) is 5.92 Å². The largest absolute Gasteiger partial charge is 0.481 e. The van der Waals surface area contributed by atoms with Gasteiger partial charge in [-0.3, -0.25) is 9.59 Å². The van der Waals surface area contributed by atoms with Gasteiger partial charge in [0.2, 0.25) is 0 Å². The Morgan fingerprint density at radius 3 is 2.00 bits per heavy atom. The summed E-state index contributed by atoms with van der Waals surface area (Å²) in [5.41, 5.74) is 0. The van der Waals surface area contributed by atoms with E-state index in [2.05, 4.69) is 6.92 Å². The van der Waals surface area contributed by atoms with Crippen molar-refractivity contribution >= 4 is 11.9 Å². The van der Waals surface area contributed by atoms with Crippen molar-refractivity contribution in [1.82, 2.24) is 0 Å². The molecule has 1 aliphatic carbocycles. The van der Waals surface area contributed by atoms with E-state index < -0.39 is 11.9 Å². The van der Waals surface area contributed by atoms with Crippen molar-refractivity contribution in [2.45, 2.75) is 78.1 Å². The van der Waals surface area contributed by atoms with Gasteiger partial charge in [0.25, 0.3) is 0 Å². The van der Waals surface area contributed by atoms with E-state index in [1.165, 1.54) is 19.3 Å². The average Bonchev–Trinajstić information content (AvgIpc) is 2.43. The van der Waals surface area contributed by atoms with E-state index in [1.54, 1.807) is 0 Å². The monoisotopic (exact) mass is 286 g/mol. The van der Waals surface area contributed by atoms with Crippen molar-refractivity contribution in [2.75, 3.05) is 0 Å². The third-order valence-electron chi connectivity index (χ3n) is 3.88. The van der Waals surface area contributed by atoms with E-state index >= 15 is 0 Å². The van der Waals surface area contributed by atoms with Gasteiger partial charge in [0, 0.05) is 6.42 Å². The van der Waals surface area contributed by atoms with Crippen molar-refractivity contribution in [3.63, 3.8) is 0 Å². The molecule has 0 bridgehead atoms. The van der Waals surface area contributed by atoms with Gasteiger partial charge in [-0.25, -0.2) is 0 Å². The summed E-state index contributed by atoms with van der Waals surface area (Å²) in [7, 11) is 0. The number of carboxylic acids is 2. The molecule has 4 heteroatoms. The third-order valence-corrected chi connectivity index (χ3v) is 3.88. The zero-order chi connectivity index (χ0) is 15.4. The molecule has 0 heterocycles. The van der Waals surface area contributed by atoms with Crippen molar-refractivity contribution in [3.8, 4) is 0 Å². The molecule has 1 rings (SSSR count). The lowest BCUT2D eigenvalue weighted by Crippen LogP contribution is -2.25. The van der Waals surface area contributed by atoms with Crippen LogP contribution >= 0.6 is 0 Å². The van der Waals surface area contributed by atoms with Gasteiger partial charge in [0.05, 0.1) is 5.92 Å². The molecule has 0 amide bonds. The van der Waals surface area contributed by atoms with Crippen LogP contribution in [0.3, 0.4) is 0 Å². The van der Waals surface area contributed by atoms with Crippen LogP contribution in [0.1, 0.15) is 78.1 Å². The molecule has 0 aromatic heterocycles. The predicted octanol–water partition coefficient (Wildman–Crippen LogP) is 4.33. The highest BCUT2D eigenvalue weighted by molar-refractivity contribution is 5.70. The van der Waals surface area contributed by atoms with Crippen LogP contribution in [0.4, 0.5) is 0 Å². The molecule has 20 heavy (non-hydrogen) atoms. The molecular weight excluding hydrogens is 256 g/mol. The second-order valence-corrected chi connectivity index (χ2v) is 5.63. The highest BCUT2D eigenvalue weighted by Crippen LogP contribution is 2.32. The molecule has 118 valence electrons. The van der Waals surface area contributed by atoms with Crippen LogP contribution in [0.2, 0.25) is 0 Å². The number of hydrogen-bond acceptors (Lipinski definition) is 2. The summed E-state index contributed by atoms with van der Waals surface area (Å²) in [6, 6.07) is 0. The first-order valence-corrected chi connectivity index (χ1v) is 7.97. The normalized spacial score (nSPS) is 16.9. The number of hydrogen-bond donors (Lipinski definition) is 2. The fraction of sp³-hybridized carbons (Fsp3) is 0.875. The van der Waals surface area contributed by atoms with Gasteiger partial charge in [-0.1, -0.05) is 46.0 Å². The first-order chi connectivity index (χ1) is 9.52. The van der Waals surface area contributed by atoms with Crippen LogP contribution < -0.4 is 0 Å². The highest BCUT2D eigenvalue weighted by Gasteiger charge is 2.28. The SMILES string of the molecule is CCCC(C(=O)O)C1CCCCC1.CCCCC(=O)O. The summed E-state index contributed by atoms with van der Waals surface area (Å²) in [5.74, 6) is -0.868. The summed E-state index contributed by atoms with van der Waals surface area (Å²) < 4.78 is 0. The van der Waals surface area contributed by atoms with Gasteiger partial charge in [-0.15, -0.1) is 0 Å².